The van der Waals surface area contributed by atoms with Gasteiger partial charge in [-0.3, -0.25) is 14.7 Å². The largest absolute Gasteiger partial charge is 0.497 e. The molecule has 30 heavy (non-hydrogen) atoms. The lowest BCUT2D eigenvalue weighted by Gasteiger charge is -2.27. The Kier molecular flexibility index (Phi) is 6.01. The van der Waals surface area contributed by atoms with Gasteiger partial charge in [0.2, 0.25) is 5.91 Å². The van der Waals surface area contributed by atoms with Gasteiger partial charge in [-0.25, -0.2) is 4.39 Å². The van der Waals surface area contributed by atoms with Crippen molar-refractivity contribution in [3.8, 4) is 5.75 Å². The maximum Gasteiger partial charge on any atom is 0.222 e. The summed E-state index contributed by atoms with van der Waals surface area (Å²) in [6, 6.07) is 8.77. The van der Waals surface area contributed by atoms with Gasteiger partial charge in [0.25, 0.3) is 0 Å². The Morgan fingerprint density at radius 2 is 2.07 bits per heavy atom. The molecule has 1 amide bonds. The number of hydrogen-bond acceptors (Lipinski definition) is 5. The molecule has 7 heteroatoms. The topological polar surface area (TPSA) is 65.9 Å². The average Bonchev–Trinajstić information content (AvgIpc) is 3.28. The van der Waals surface area contributed by atoms with E-state index >= 15 is 0 Å². The highest BCUT2D eigenvalue weighted by molar-refractivity contribution is 5.77. The van der Waals surface area contributed by atoms with Crippen molar-refractivity contribution in [2.75, 3.05) is 39.9 Å². The van der Waals surface area contributed by atoms with Crippen molar-refractivity contribution < 1.29 is 19.0 Å². The number of halogens is 1. The third kappa shape index (κ3) is 4.18. The van der Waals surface area contributed by atoms with Crippen molar-refractivity contribution in [3.05, 3.63) is 59.7 Å². The van der Waals surface area contributed by atoms with Crippen molar-refractivity contribution >= 4 is 5.91 Å². The molecular formula is C23H28FN3O3. The van der Waals surface area contributed by atoms with Gasteiger partial charge in [0.15, 0.2) is 0 Å². The molecule has 3 heterocycles. The molecule has 1 aromatic heterocycles. The fraction of sp³-hybridized carbons (Fsp3) is 0.478. The minimum atomic E-state index is -0.324. The molecule has 0 bridgehead atoms. The third-order valence-electron chi connectivity index (χ3n) is 6.53. The molecule has 0 spiro atoms. The highest BCUT2D eigenvalue weighted by Gasteiger charge is 2.52. The normalized spacial score (nSPS) is 23.6. The summed E-state index contributed by atoms with van der Waals surface area (Å²) < 4.78 is 19.4. The van der Waals surface area contributed by atoms with Crippen LogP contribution in [0.2, 0.25) is 0 Å². The molecule has 0 saturated carbocycles. The van der Waals surface area contributed by atoms with Crippen LogP contribution in [-0.4, -0.2) is 65.7 Å². The van der Waals surface area contributed by atoms with Gasteiger partial charge in [-0.15, -0.1) is 0 Å². The lowest BCUT2D eigenvalue weighted by Crippen LogP contribution is -2.39. The summed E-state index contributed by atoms with van der Waals surface area (Å²) >= 11 is 0. The van der Waals surface area contributed by atoms with Crippen LogP contribution in [0.15, 0.2) is 42.7 Å². The summed E-state index contributed by atoms with van der Waals surface area (Å²) in [6.45, 7) is 3.15. The predicted molar refractivity (Wildman–Crippen MR) is 110 cm³/mol. The number of hydrogen-bond donors (Lipinski definition) is 1. The molecule has 0 unspecified atom stereocenters. The highest BCUT2D eigenvalue weighted by Crippen LogP contribution is 2.43. The van der Waals surface area contributed by atoms with Crippen LogP contribution in [0, 0.1) is 17.2 Å². The number of nitrogens with zero attached hydrogens (tertiary/aromatic N) is 3. The Bertz CT molecular complexity index is 895. The number of aliphatic hydroxyl groups excluding tert-OH is 1. The first-order valence-corrected chi connectivity index (χ1v) is 10.4. The van der Waals surface area contributed by atoms with Crippen LogP contribution in [0.3, 0.4) is 0 Å². The third-order valence-corrected chi connectivity index (χ3v) is 6.53. The number of rotatable bonds is 7. The van der Waals surface area contributed by atoms with Crippen LogP contribution < -0.4 is 4.74 Å². The fourth-order valence-electron chi connectivity index (χ4n) is 4.81. The molecule has 160 valence electrons. The van der Waals surface area contributed by atoms with Gasteiger partial charge in [0.1, 0.15) is 11.6 Å². The summed E-state index contributed by atoms with van der Waals surface area (Å²) in [4.78, 5) is 20.8. The van der Waals surface area contributed by atoms with E-state index in [0.717, 1.165) is 12.1 Å². The Morgan fingerprint density at radius 3 is 2.73 bits per heavy atom. The van der Waals surface area contributed by atoms with E-state index in [1.807, 2.05) is 17.0 Å². The van der Waals surface area contributed by atoms with Gasteiger partial charge in [0.05, 0.1) is 13.7 Å². The number of aromatic nitrogens is 1. The average molecular weight is 413 g/mol. The van der Waals surface area contributed by atoms with Crippen LogP contribution >= 0.6 is 0 Å². The first-order valence-electron chi connectivity index (χ1n) is 10.4. The standard InChI is InChI=1S/C23H28FN3O3/c1-30-20-4-3-18(21(24)10-20)11-26-12-19-13-27(15-23(19,14-26)16-28)22(29)5-2-17-6-8-25-9-7-17/h3-4,6-10,19,28H,2,5,11-16H2,1H3/t19-,23+/m0/s1. The molecule has 0 radical (unpaired) electrons. The molecule has 2 aliphatic rings. The summed E-state index contributed by atoms with van der Waals surface area (Å²) in [5.41, 5.74) is 1.39. The monoisotopic (exact) mass is 413 g/mol. The number of benzene rings is 1. The molecular weight excluding hydrogens is 385 g/mol. The van der Waals surface area contributed by atoms with Crippen LogP contribution in [0.25, 0.3) is 0 Å². The van der Waals surface area contributed by atoms with Crippen LogP contribution in [-0.2, 0) is 17.8 Å². The number of methoxy groups -OCH3 is 1. The summed E-state index contributed by atoms with van der Waals surface area (Å²) in [7, 11) is 1.52. The van der Waals surface area contributed by atoms with Gasteiger partial charge in [-0.05, 0) is 36.1 Å². The molecule has 2 saturated heterocycles. The zero-order valence-electron chi connectivity index (χ0n) is 17.3. The summed E-state index contributed by atoms with van der Waals surface area (Å²) in [5.74, 6) is 0.551. The zero-order chi connectivity index (χ0) is 21.1. The molecule has 1 aromatic carbocycles. The van der Waals surface area contributed by atoms with E-state index < -0.39 is 0 Å². The molecule has 1 N–H and O–H groups in total. The number of fused-ring (bicyclic) bond motifs is 1. The molecule has 2 fully saturated rings. The summed E-state index contributed by atoms with van der Waals surface area (Å²) in [5, 5.41) is 10.2. The Morgan fingerprint density at radius 1 is 1.27 bits per heavy atom. The number of carbonyl (C=O) groups is 1. The van der Waals surface area contributed by atoms with Crippen molar-refractivity contribution in [2.24, 2.45) is 11.3 Å². The second-order valence-corrected chi connectivity index (χ2v) is 8.47. The molecule has 2 aliphatic heterocycles. The van der Waals surface area contributed by atoms with Crippen LogP contribution in [0.5, 0.6) is 5.75 Å². The minimum absolute atomic E-state index is 0.0351. The number of ether oxygens (including phenoxy) is 1. The molecule has 0 aliphatic carbocycles. The number of amides is 1. The quantitative estimate of drug-likeness (QED) is 0.753. The zero-order valence-corrected chi connectivity index (χ0v) is 17.3. The lowest BCUT2D eigenvalue weighted by atomic mass is 9.82. The minimum Gasteiger partial charge on any atom is -0.497 e. The molecule has 2 atom stereocenters. The first-order chi connectivity index (χ1) is 14.5. The van der Waals surface area contributed by atoms with Gasteiger partial charge < -0.3 is 14.7 Å². The van der Waals surface area contributed by atoms with E-state index in [-0.39, 0.29) is 29.7 Å². The van der Waals surface area contributed by atoms with Gasteiger partial charge in [0, 0.05) is 68.6 Å². The second kappa shape index (κ2) is 8.70. The molecule has 4 rings (SSSR count). The number of carbonyl (C=O) groups excluding carboxylic acids is 1. The smallest absolute Gasteiger partial charge is 0.222 e. The number of pyridine rings is 1. The van der Waals surface area contributed by atoms with Crippen molar-refractivity contribution in [2.45, 2.75) is 19.4 Å². The van der Waals surface area contributed by atoms with Gasteiger partial charge >= 0.3 is 0 Å². The predicted octanol–water partition coefficient (Wildman–Crippen LogP) is 2.11. The highest BCUT2D eigenvalue weighted by atomic mass is 19.1. The summed E-state index contributed by atoms with van der Waals surface area (Å²) in [6.07, 6.45) is 4.62. The fourth-order valence-corrected chi connectivity index (χ4v) is 4.81. The first kappa shape index (κ1) is 20.8. The number of likely N-dealkylation sites (tertiary alicyclic amines) is 2. The Balaban J connectivity index is 1.35. The maximum absolute atomic E-state index is 14.3. The number of aliphatic hydroxyl groups is 1. The van der Waals surface area contributed by atoms with E-state index in [2.05, 4.69) is 9.88 Å². The van der Waals surface area contributed by atoms with Crippen molar-refractivity contribution in [1.29, 1.82) is 0 Å². The molecule has 2 aromatic rings. The van der Waals surface area contributed by atoms with E-state index in [1.54, 1.807) is 24.5 Å². The van der Waals surface area contributed by atoms with E-state index in [4.69, 9.17) is 4.74 Å². The SMILES string of the molecule is COc1ccc(CN2C[C@H]3CN(C(=O)CCc4ccncc4)C[C@@]3(CO)C2)c(F)c1. The van der Waals surface area contributed by atoms with E-state index in [1.165, 1.54) is 13.2 Å². The maximum atomic E-state index is 14.3. The van der Waals surface area contributed by atoms with E-state index in [0.29, 0.717) is 50.3 Å². The van der Waals surface area contributed by atoms with Crippen LogP contribution in [0.1, 0.15) is 17.5 Å². The van der Waals surface area contributed by atoms with E-state index in [9.17, 15) is 14.3 Å². The second-order valence-electron chi connectivity index (χ2n) is 8.47. The Hall–Kier alpha value is -2.51. The van der Waals surface area contributed by atoms with Crippen LogP contribution in [0.4, 0.5) is 4.39 Å². The Labute approximate surface area is 176 Å². The van der Waals surface area contributed by atoms with Gasteiger partial charge in [-0.2, -0.15) is 0 Å². The number of aryl methyl sites for hydroxylation is 1. The molecule has 6 nitrogen and oxygen atoms in total. The van der Waals surface area contributed by atoms with Crippen molar-refractivity contribution in [3.63, 3.8) is 0 Å². The lowest BCUT2D eigenvalue weighted by molar-refractivity contribution is -0.130. The van der Waals surface area contributed by atoms with Gasteiger partial charge in [-0.1, -0.05) is 6.07 Å². The van der Waals surface area contributed by atoms with Crippen molar-refractivity contribution in [1.82, 2.24) is 14.8 Å².